The molecule has 0 amide bonds. The fraction of sp³-hybridized carbons (Fsp3) is 0.529. The number of benzene rings is 2. The molecule has 0 spiro atoms. The number of hydrogen-bond acceptors (Lipinski definition) is 0. The summed E-state index contributed by atoms with van der Waals surface area (Å²) < 4.78 is 1.63. The SMILES string of the molecule is CCCC[SiH]=[Hf]([CH]1C(C)=Cc2c(C)c3c(c(C)c21)CCC3)[CH]1C(C)=Cc2c(C)c3c(c(C)c21)CCC3. The molecule has 0 fully saturated rings. The zero-order valence-corrected chi connectivity index (χ0v) is 28.5. The van der Waals surface area contributed by atoms with Crippen LogP contribution in [0.25, 0.3) is 12.2 Å². The Bertz CT molecular complexity index is 1280. The van der Waals surface area contributed by atoms with Crippen molar-refractivity contribution in [3.05, 3.63) is 77.9 Å². The Morgan fingerprint density at radius 2 is 1.08 bits per heavy atom. The van der Waals surface area contributed by atoms with E-state index in [4.69, 9.17) is 0 Å². The second-order valence-electron chi connectivity index (χ2n) is 12.3. The molecule has 2 atom stereocenters. The second kappa shape index (κ2) is 9.64. The third-order valence-electron chi connectivity index (χ3n) is 10.3. The molecule has 2 heteroatoms. The van der Waals surface area contributed by atoms with Gasteiger partial charge < -0.3 is 0 Å². The molecule has 2 aromatic rings. The Balaban J connectivity index is 1.56. The first-order valence-corrected chi connectivity index (χ1v) is 26.5. The summed E-state index contributed by atoms with van der Waals surface area (Å²) in [6.45, 7) is 17.4. The van der Waals surface area contributed by atoms with Gasteiger partial charge in [0.2, 0.25) is 0 Å². The molecule has 4 aliphatic carbocycles. The fourth-order valence-corrected chi connectivity index (χ4v) is 38.5. The zero-order valence-electron chi connectivity index (χ0n) is 23.8. The number of fused-ring (bicyclic) bond motifs is 4. The van der Waals surface area contributed by atoms with Crippen LogP contribution in [0, 0.1) is 27.7 Å². The number of unbranched alkanes of at least 4 members (excludes halogenated alkanes) is 1. The molecule has 0 heterocycles. The summed E-state index contributed by atoms with van der Waals surface area (Å²) >= 11 is -2.18. The van der Waals surface area contributed by atoms with Gasteiger partial charge in [-0.1, -0.05) is 0 Å². The minimum absolute atomic E-state index is 0.597. The van der Waals surface area contributed by atoms with Gasteiger partial charge >= 0.3 is 230 Å². The van der Waals surface area contributed by atoms with Crippen molar-refractivity contribution >= 4 is 18.4 Å². The second-order valence-corrected chi connectivity index (χ2v) is 30.8. The summed E-state index contributed by atoms with van der Waals surface area (Å²) in [5.41, 5.74) is 24.1. The molecule has 188 valence electrons. The first-order valence-electron chi connectivity index (χ1n) is 14.7. The van der Waals surface area contributed by atoms with Crippen molar-refractivity contribution in [1.82, 2.24) is 0 Å². The molecule has 0 bridgehead atoms. The van der Waals surface area contributed by atoms with E-state index in [2.05, 4.69) is 60.6 Å². The average Bonchev–Trinajstić information content (AvgIpc) is 3.64. The van der Waals surface area contributed by atoms with Crippen molar-refractivity contribution in [3.63, 3.8) is 0 Å². The van der Waals surface area contributed by atoms with Crippen LogP contribution in [0.1, 0.15) is 121 Å². The van der Waals surface area contributed by atoms with E-state index >= 15 is 0 Å². The Morgan fingerprint density at radius 3 is 1.50 bits per heavy atom. The molecule has 0 saturated carbocycles. The molecule has 4 aliphatic rings. The number of rotatable bonds is 5. The van der Waals surface area contributed by atoms with E-state index in [9.17, 15) is 0 Å². The molecule has 0 aromatic heterocycles. The van der Waals surface area contributed by atoms with Gasteiger partial charge in [-0.3, -0.25) is 0 Å². The molecular formula is C34H44HfSi. The van der Waals surface area contributed by atoms with Gasteiger partial charge in [0.25, 0.3) is 0 Å². The Labute approximate surface area is 228 Å². The molecule has 0 saturated heterocycles. The van der Waals surface area contributed by atoms with Crippen molar-refractivity contribution < 1.29 is 20.1 Å². The predicted octanol–water partition coefficient (Wildman–Crippen LogP) is 8.70. The van der Waals surface area contributed by atoms with Crippen LogP contribution in [0.15, 0.2) is 11.1 Å². The van der Waals surface area contributed by atoms with Crippen LogP contribution in [0.3, 0.4) is 0 Å². The van der Waals surface area contributed by atoms with Crippen LogP contribution in [0.4, 0.5) is 0 Å². The minimum atomic E-state index is -2.18. The summed E-state index contributed by atoms with van der Waals surface area (Å²) in [4.78, 5) is 0. The van der Waals surface area contributed by atoms with Crippen molar-refractivity contribution in [2.45, 2.75) is 113 Å². The van der Waals surface area contributed by atoms with Crippen molar-refractivity contribution in [3.8, 4) is 0 Å². The Hall–Kier alpha value is -0.993. The average molecular weight is 659 g/mol. The van der Waals surface area contributed by atoms with Crippen molar-refractivity contribution in [2.75, 3.05) is 0 Å². The van der Waals surface area contributed by atoms with Crippen molar-refractivity contribution in [1.29, 1.82) is 0 Å². The van der Waals surface area contributed by atoms with Crippen LogP contribution < -0.4 is 0 Å². The summed E-state index contributed by atoms with van der Waals surface area (Å²) in [6.07, 6.45) is 16.7. The molecular weight excluding hydrogens is 615 g/mol. The van der Waals surface area contributed by atoms with E-state index in [0.29, 0.717) is 6.22 Å². The summed E-state index contributed by atoms with van der Waals surface area (Å²) in [6, 6.07) is 1.53. The topological polar surface area (TPSA) is 0 Å². The summed E-state index contributed by atoms with van der Waals surface area (Å²) in [5.74, 6) is 0. The van der Waals surface area contributed by atoms with E-state index in [1.54, 1.807) is 66.8 Å². The van der Waals surface area contributed by atoms with Crippen LogP contribution >= 0.6 is 0 Å². The van der Waals surface area contributed by atoms with Crippen LogP contribution in [0.5, 0.6) is 0 Å². The van der Waals surface area contributed by atoms with Crippen LogP contribution in [-0.2, 0) is 45.7 Å². The molecule has 36 heavy (non-hydrogen) atoms. The van der Waals surface area contributed by atoms with Crippen LogP contribution in [-0.4, -0.2) is 6.22 Å². The van der Waals surface area contributed by atoms with E-state index in [1.807, 2.05) is 11.1 Å². The van der Waals surface area contributed by atoms with Gasteiger partial charge in [0.05, 0.1) is 0 Å². The van der Waals surface area contributed by atoms with Gasteiger partial charge in [-0.2, -0.15) is 0 Å². The van der Waals surface area contributed by atoms with Gasteiger partial charge in [0.1, 0.15) is 0 Å². The van der Waals surface area contributed by atoms with E-state index in [-0.39, 0.29) is 0 Å². The number of hydrogen-bond donors (Lipinski definition) is 0. The third kappa shape index (κ3) is 3.67. The molecule has 0 N–H and O–H groups in total. The molecule has 2 aromatic carbocycles. The predicted molar refractivity (Wildman–Crippen MR) is 156 cm³/mol. The first kappa shape index (κ1) is 25.3. The molecule has 0 radical (unpaired) electrons. The number of allylic oxidation sites excluding steroid dienone is 2. The van der Waals surface area contributed by atoms with E-state index in [1.165, 1.54) is 57.4 Å². The van der Waals surface area contributed by atoms with Gasteiger partial charge in [-0.25, -0.2) is 0 Å². The Morgan fingerprint density at radius 1 is 0.667 bits per heavy atom. The van der Waals surface area contributed by atoms with Gasteiger partial charge in [0.15, 0.2) is 0 Å². The maximum absolute atomic E-state index is 2.67. The normalized spacial score (nSPS) is 21.2. The zero-order chi connectivity index (χ0) is 25.3. The monoisotopic (exact) mass is 660 g/mol. The van der Waals surface area contributed by atoms with Gasteiger partial charge in [-0.05, 0) is 0 Å². The third-order valence-corrected chi connectivity index (χ3v) is 35.2. The molecule has 0 nitrogen and oxygen atoms in total. The summed E-state index contributed by atoms with van der Waals surface area (Å²) in [5, 5.41) is 0. The Kier molecular flexibility index (Phi) is 6.77. The maximum atomic E-state index is 2.67. The molecule has 0 aliphatic heterocycles. The first-order chi connectivity index (χ1) is 17.3. The molecule has 2 unspecified atom stereocenters. The van der Waals surface area contributed by atoms with E-state index in [0.717, 1.165) is 7.35 Å². The van der Waals surface area contributed by atoms with Crippen LogP contribution in [0.2, 0.25) is 6.04 Å². The van der Waals surface area contributed by atoms with E-state index < -0.39 is 20.1 Å². The van der Waals surface area contributed by atoms with Crippen molar-refractivity contribution in [2.24, 2.45) is 0 Å². The van der Waals surface area contributed by atoms with Gasteiger partial charge in [0, 0.05) is 0 Å². The standard InChI is InChI=1S/2C15H17.C4H10Si.Hf/c2*1-9-7-14-10(2)12-5-4-6-13(12)11(3)15(14)8-9;1-2-3-4-5;/h2*7-8H,4-6H2,1-3H3;5H,2-4H2,1H3;. The summed E-state index contributed by atoms with van der Waals surface area (Å²) in [7, 11) is 0. The fourth-order valence-electron chi connectivity index (χ4n) is 8.53. The quantitative estimate of drug-likeness (QED) is 0.223. The van der Waals surface area contributed by atoms with Gasteiger partial charge in [-0.15, -0.1) is 0 Å². The molecule has 6 rings (SSSR count).